The Morgan fingerprint density at radius 1 is 1.31 bits per heavy atom. The van der Waals surface area contributed by atoms with E-state index in [9.17, 15) is 23.5 Å². The van der Waals surface area contributed by atoms with E-state index in [1.165, 1.54) is 0 Å². The van der Waals surface area contributed by atoms with Crippen LogP contribution in [0.2, 0.25) is 0 Å². The second-order valence-corrected chi connectivity index (χ2v) is 11.1. The number of aromatic nitrogens is 2. The normalized spacial score (nSPS) is 18.6. The number of nitrogens with zero attached hydrogens (tertiary/aromatic N) is 3. The molecule has 0 unspecified atom stereocenters. The van der Waals surface area contributed by atoms with Gasteiger partial charge in [0.15, 0.2) is 5.01 Å². The first kappa shape index (κ1) is 26.9. The fraction of sp³-hybridized carbons (Fsp3) is 0.583. The van der Waals surface area contributed by atoms with Gasteiger partial charge in [-0.25, -0.2) is 18.7 Å². The van der Waals surface area contributed by atoms with E-state index in [2.05, 4.69) is 20.6 Å². The number of halogens is 2. The highest BCUT2D eigenvalue weighted by molar-refractivity contribution is 7.17. The summed E-state index contributed by atoms with van der Waals surface area (Å²) in [5.74, 6) is -3.54. The number of pyridine rings is 1. The third kappa shape index (κ3) is 6.13. The second-order valence-electron chi connectivity index (χ2n) is 10.1. The van der Waals surface area contributed by atoms with Gasteiger partial charge in [0.25, 0.3) is 17.7 Å². The molecule has 2 amide bonds. The molecule has 35 heavy (non-hydrogen) atoms. The predicted molar refractivity (Wildman–Crippen MR) is 132 cm³/mol. The maximum absolute atomic E-state index is 14.0. The largest absolute Gasteiger partial charge is 0.388 e. The SMILES string of the molecule is Cc1cc(NC(C)C)ncc1-c1sc(C(=O)N[C@@H](C)C(C)(C)O)nc1C(=O)N1CC(F)(F)C[C@@H]1C. The maximum atomic E-state index is 14.0. The fourth-order valence-corrected chi connectivity index (χ4v) is 4.80. The van der Waals surface area contributed by atoms with E-state index in [0.717, 1.165) is 21.8 Å². The van der Waals surface area contributed by atoms with Gasteiger partial charge in [-0.15, -0.1) is 11.3 Å². The highest BCUT2D eigenvalue weighted by atomic mass is 32.1. The van der Waals surface area contributed by atoms with E-state index in [1.807, 2.05) is 26.8 Å². The number of aliphatic hydroxyl groups is 1. The Bertz CT molecular complexity index is 1110. The van der Waals surface area contributed by atoms with Crippen LogP contribution in [-0.2, 0) is 0 Å². The minimum absolute atomic E-state index is 0.00171. The summed E-state index contributed by atoms with van der Waals surface area (Å²) in [5, 5.41) is 16.1. The van der Waals surface area contributed by atoms with Crippen LogP contribution in [0.25, 0.3) is 10.4 Å². The fourth-order valence-electron chi connectivity index (χ4n) is 3.77. The molecule has 2 aromatic heterocycles. The second kappa shape index (κ2) is 9.77. The summed E-state index contributed by atoms with van der Waals surface area (Å²) in [5.41, 5.74) is 0.144. The Morgan fingerprint density at radius 3 is 2.49 bits per heavy atom. The van der Waals surface area contributed by atoms with Gasteiger partial charge in [0.05, 0.1) is 23.1 Å². The number of amides is 2. The third-order valence-corrected chi connectivity index (χ3v) is 7.10. The predicted octanol–water partition coefficient (Wildman–Crippen LogP) is 4.09. The number of hydrogen-bond acceptors (Lipinski definition) is 7. The van der Waals surface area contributed by atoms with Gasteiger partial charge in [-0.2, -0.15) is 0 Å². The van der Waals surface area contributed by atoms with Crippen molar-refractivity contribution in [1.82, 2.24) is 20.2 Å². The average Bonchev–Trinajstić information content (AvgIpc) is 3.26. The molecule has 2 atom stereocenters. The van der Waals surface area contributed by atoms with Gasteiger partial charge < -0.3 is 20.6 Å². The standard InChI is InChI=1S/C24H33F2N5O3S/c1-12(2)28-17-8-13(3)16(10-27-17)19-18(22(33)31-11-24(25,26)9-14(31)4)30-21(35-19)20(32)29-15(5)23(6,7)34/h8,10,12,14-15,34H,9,11H2,1-7H3,(H,27,28)(H,29,32)/t14-,15-/m0/s1. The number of aryl methyl sites for hydroxylation is 1. The highest BCUT2D eigenvalue weighted by Gasteiger charge is 2.46. The number of likely N-dealkylation sites (tertiary alicyclic amines) is 1. The van der Waals surface area contributed by atoms with Crippen LogP contribution in [0.1, 0.15) is 73.8 Å². The molecule has 0 radical (unpaired) electrons. The first-order valence-electron chi connectivity index (χ1n) is 11.6. The van der Waals surface area contributed by atoms with Crippen LogP contribution in [0, 0.1) is 6.92 Å². The highest BCUT2D eigenvalue weighted by Crippen LogP contribution is 2.37. The zero-order valence-corrected chi connectivity index (χ0v) is 21.9. The smallest absolute Gasteiger partial charge is 0.280 e. The molecule has 0 spiro atoms. The molecule has 8 nitrogen and oxygen atoms in total. The molecule has 11 heteroatoms. The van der Waals surface area contributed by atoms with Crippen molar-refractivity contribution < 1.29 is 23.5 Å². The summed E-state index contributed by atoms with van der Waals surface area (Å²) < 4.78 is 28.1. The van der Waals surface area contributed by atoms with Crippen LogP contribution in [0.3, 0.4) is 0 Å². The number of nitrogens with one attached hydrogen (secondary N) is 2. The molecule has 0 bridgehead atoms. The molecule has 2 aromatic rings. The number of carbonyl (C=O) groups excluding carboxylic acids is 2. The van der Waals surface area contributed by atoms with Crippen molar-refractivity contribution in [3.8, 4) is 10.4 Å². The van der Waals surface area contributed by atoms with Crippen molar-refractivity contribution in [2.24, 2.45) is 0 Å². The zero-order chi connectivity index (χ0) is 26.3. The van der Waals surface area contributed by atoms with Crippen molar-refractivity contribution in [2.45, 2.75) is 84.5 Å². The minimum atomic E-state index is -2.98. The number of anilines is 1. The lowest BCUT2D eigenvalue weighted by Gasteiger charge is -2.26. The molecule has 3 rings (SSSR count). The first-order chi connectivity index (χ1) is 16.1. The summed E-state index contributed by atoms with van der Waals surface area (Å²) in [6.07, 6.45) is 1.16. The third-order valence-electron chi connectivity index (χ3n) is 6.01. The van der Waals surface area contributed by atoms with Crippen LogP contribution >= 0.6 is 11.3 Å². The van der Waals surface area contributed by atoms with E-state index in [-0.39, 0.29) is 16.7 Å². The van der Waals surface area contributed by atoms with Crippen LogP contribution < -0.4 is 10.6 Å². The van der Waals surface area contributed by atoms with Crippen molar-refractivity contribution in [1.29, 1.82) is 0 Å². The monoisotopic (exact) mass is 509 g/mol. The maximum Gasteiger partial charge on any atom is 0.280 e. The lowest BCUT2D eigenvalue weighted by Crippen LogP contribution is -2.47. The number of carbonyl (C=O) groups is 2. The van der Waals surface area contributed by atoms with Gasteiger partial charge in [0.1, 0.15) is 11.5 Å². The van der Waals surface area contributed by atoms with E-state index >= 15 is 0 Å². The van der Waals surface area contributed by atoms with Gasteiger partial charge in [0, 0.05) is 30.3 Å². The van der Waals surface area contributed by atoms with E-state index in [1.54, 1.807) is 33.9 Å². The van der Waals surface area contributed by atoms with E-state index in [4.69, 9.17) is 0 Å². The molecule has 0 aliphatic carbocycles. The summed E-state index contributed by atoms with van der Waals surface area (Å²) in [4.78, 5) is 36.6. The quantitative estimate of drug-likeness (QED) is 0.519. The number of rotatable bonds is 7. The number of thiazole rings is 1. The number of hydrogen-bond donors (Lipinski definition) is 3. The average molecular weight is 510 g/mol. The number of alkyl halides is 2. The molecule has 192 valence electrons. The molecule has 3 heterocycles. The Kier molecular flexibility index (Phi) is 7.52. The van der Waals surface area contributed by atoms with Crippen LogP contribution in [0.5, 0.6) is 0 Å². The van der Waals surface area contributed by atoms with E-state index < -0.39 is 48.4 Å². The zero-order valence-electron chi connectivity index (χ0n) is 21.1. The van der Waals surface area contributed by atoms with Gasteiger partial charge >= 0.3 is 0 Å². The van der Waals surface area contributed by atoms with Crippen LogP contribution in [-0.4, -0.2) is 68.0 Å². The molecule has 0 saturated carbocycles. The first-order valence-corrected chi connectivity index (χ1v) is 12.4. The summed E-state index contributed by atoms with van der Waals surface area (Å²) in [6, 6.07) is 0.728. The van der Waals surface area contributed by atoms with Crippen molar-refractivity contribution >= 4 is 29.0 Å². The van der Waals surface area contributed by atoms with Gasteiger partial charge in [-0.3, -0.25) is 9.59 Å². The molecular weight excluding hydrogens is 476 g/mol. The molecule has 1 saturated heterocycles. The summed E-state index contributed by atoms with van der Waals surface area (Å²) >= 11 is 0.995. The Hall–Kier alpha value is -2.66. The van der Waals surface area contributed by atoms with Gasteiger partial charge in [-0.1, -0.05) is 0 Å². The van der Waals surface area contributed by atoms with Crippen molar-refractivity contribution in [3.63, 3.8) is 0 Å². The molecular formula is C24H33F2N5O3S. The lowest BCUT2D eigenvalue weighted by molar-refractivity contribution is 0.0118. The topological polar surface area (TPSA) is 107 Å². The van der Waals surface area contributed by atoms with Crippen LogP contribution in [0.15, 0.2) is 12.3 Å². The van der Waals surface area contributed by atoms with Gasteiger partial charge in [-0.05, 0) is 60.1 Å². The summed E-state index contributed by atoms with van der Waals surface area (Å²) in [6.45, 7) is 11.5. The van der Waals surface area contributed by atoms with Crippen LogP contribution in [0.4, 0.5) is 14.6 Å². The Labute approximate surface area is 208 Å². The molecule has 0 aromatic carbocycles. The molecule has 1 aliphatic heterocycles. The molecule has 3 N–H and O–H groups in total. The van der Waals surface area contributed by atoms with Crippen molar-refractivity contribution in [3.05, 3.63) is 28.5 Å². The lowest BCUT2D eigenvalue weighted by atomic mass is 10.0. The van der Waals surface area contributed by atoms with Crippen molar-refractivity contribution in [2.75, 3.05) is 11.9 Å². The summed E-state index contributed by atoms with van der Waals surface area (Å²) in [7, 11) is 0. The van der Waals surface area contributed by atoms with E-state index in [0.29, 0.717) is 16.3 Å². The molecule has 1 fully saturated rings. The molecule has 1 aliphatic rings. The minimum Gasteiger partial charge on any atom is -0.388 e. The Balaban J connectivity index is 2.04. The Morgan fingerprint density at radius 2 is 1.97 bits per heavy atom. The van der Waals surface area contributed by atoms with Gasteiger partial charge in [0.2, 0.25) is 0 Å².